The maximum atomic E-state index is 10.7. The van der Waals surface area contributed by atoms with E-state index in [1.54, 1.807) is 13.0 Å². The Bertz CT molecular complexity index is 121. The van der Waals surface area contributed by atoms with Gasteiger partial charge in [0.2, 0.25) is 5.91 Å². The second-order valence-corrected chi connectivity index (χ2v) is 2.16. The molecule has 3 N–H and O–H groups in total. The predicted octanol–water partition coefficient (Wildman–Crippen LogP) is 0.0259. The molecule has 3 heteroatoms. The van der Waals surface area contributed by atoms with Crippen LogP contribution in [0.25, 0.3) is 0 Å². The van der Waals surface area contributed by atoms with Crippen LogP contribution in [0.15, 0.2) is 12.7 Å². The molecule has 0 bridgehead atoms. The first-order valence-corrected chi connectivity index (χ1v) is 3.32. The van der Waals surface area contributed by atoms with Crippen LogP contribution in [-0.2, 0) is 4.79 Å². The van der Waals surface area contributed by atoms with Crippen molar-refractivity contribution in [1.82, 2.24) is 5.32 Å². The molecule has 0 fully saturated rings. The van der Waals surface area contributed by atoms with Crippen LogP contribution in [-0.4, -0.2) is 18.5 Å². The van der Waals surface area contributed by atoms with E-state index < -0.39 is 6.04 Å². The van der Waals surface area contributed by atoms with E-state index in [1.807, 2.05) is 0 Å². The van der Waals surface area contributed by atoms with E-state index in [0.717, 1.165) is 6.42 Å². The molecule has 0 aromatic rings. The number of nitrogens with one attached hydrogen (secondary N) is 1. The summed E-state index contributed by atoms with van der Waals surface area (Å²) in [5, 5.41) is 2.65. The maximum Gasteiger partial charge on any atom is 0.236 e. The predicted molar refractivity (Wildman–Crippen MR) is 41.5 cm³/mol. The third kappa shape index (κ3) is 4.09. The molecule has 0 aromatic carbocycles. The van der Waals surface area contributed by atoms with Gasteiger partial charge >= 0.3 is 0 Å². The van der Waals surface area contributed by atoms with Crippen molar-refractivity contribution < 1.29 is 4.79 Å². The smallest absolute Gasteiger partial charge is 0.236 e. The lowest BCUT2D eigenvalue weighted by atomic mass is 10.3. The molecule has 0 unspecified atom stereocenters. The lowest BCUT2D eigenvalue weighted by Crippen LogP contribution is -2.38. The minimum Gasteiger partial charge on any atom is -0.354 e. The molecule has 10 heavy (non-hydrogen) atoms. The molecular weight excluding hydrogens is 128 g/mol. The van der Waals surface area contributed by atoms with Gasteiger partial charge < -0.3 is 11.1 Å². The van der Waals surface area contributed by atoms with Gasteiger partial charge in [0.05, 0.1) is 6.04 Å². The van der Waals surface area contributed by atoms with E-state index in [-0.39, 0.29) is 5.91 Å². The largest absolute Gasteiger partial charge is 0.354 e. The SMILES string of the molecule is C=CCCNC(=O)[C@H](C)N. The van der Waals surface area contributed by atoms with Crippen molar-refractivity contribution in [3.63, 3.8) is 0 Å². The standard InChI is InChI=1S/C7H14N2O/c1-3-4-5-9-7(10)6(2)8/h3,6H,1,4-5,8H2,2H3,(H,9,10)/t6-/m0/s1. The molecule has 1 amide bonds. The molecule has 0 rings (SSSR count). The molecule has 3 nitrogen and oxygen atoms in total. The molecule has 58 valence electrons. The number of nitrogens with two attached hydrogens (primary N) is 1. The van der Waals surface area contributed by atoms with E-state index in [2.05, 4.69) is 11.9 Å². The van der Waals surface area contributed by atoms with Crippen LogP contribution in [0.3, 0.4) is 0 Å². The normalized spacial score (nSPS) is 12.2. The summed E-state index contributed by atoms with van der Waals surface area (Å²) in [6.45, 7) is 5.80. The highest BCUT2D eigenvalue weighted by Gasteiger charge is 2.03. The summed E-state index contributed by atoms with van der Waals surface area (Å²) < 4.78 is 0. The minimum atomic E-state index is -0.412. The van der Waals surface area contributed by atoms with Gasteiger partial charge in [0.15, 0.2) is 0 Å². The zero-order valence-electron chi connectivity index (χ0n) is 6.26. The van der Waals surface area contributed by atoms with Crippen LogP contribution in [0.1, 0.15) is 13.3 Å². The Morgan fingerprint density at radius 1 is 1.90 bits per heavy atom. The summed E-state index contributed by atoms with van der Waals surface area (Å²) in [5.41, 5.74) is 5.28. The Kier molecular flexibility index (Phi) is 4.58. The summed E-state index contributed by atoms with van der Waals surface area (Å²) in [7, 11) is 0. The van der Waals surface area contributed by atoms with Crippen molar-refractivity contribution in [3.8, 4) is 0 Å². The number of hydrogen-bond acceptors (Lipinski definition) is 2. The lowest BCUT2D eigenvalue weighted by molar-refractivity contribution is -0.121. The van der Waals surface area contributed by atoms with E-state index in [0.29, 0.717) is 6.54 Å². The van der Waals surface area contributed by atoms with Gasteiger partial charge in [-0.3, -0.25) is 4.79 Å². The molecule has 0 spiro atoms. The van der Waals surface area contributed by atoms with Crippen molar-refractivity contribution >= 4 is 5.91 Å². The lowest BCUT2D eigenvalue weighted by Gasteiger charge is -2.04. The molecule has 0 saturated heterocycles. The summed E-state index contributed by atoms with van der Waals surface area (Å²) in [5.74, 6) is -0.109. The molecule has 0 aliphatic heterocycles. The van der Waals surface area contributed by atoms with Crippen LogP contribution >= 0.6 is 0 Å². The van der Waals surface area contributed by atoms with Gasteiger partial charge in [-0.2, -0.15) is 0 Å². The van der Waals surface area contributed by atoms with Gasteiger partial charge in [-0.25, -0.2) is 0 Å². The quantitative estimate of drug-likeness (QED) is 0.429. The second-order valence-electron chi connectivity index (χ2n) is 2.16. The van der Waals surface area contributed by atoms with Crippen LogP contribution in [0.4, 0.5) is 0 Å². The van der Waals surface area contributed by atoms with Crippen LogP contribution in [0, 0.1) is 0 Å². The molecular formula is C7H14N2O. The van der Waals surface area contributed by atoms with Gasteiger partial charge in [0, 0.05) is 6.54 Å². The Morgan fingerprint density at radius 2 is 2.50 bits per heavy atom. The van der Waals surface area contributed by atoms with E-state index in [9.17, 15) is 4.79 Å². The first-order chi connectivity index (χ1) is 4.68. The van der Waals surface area contributed by atoms with Crippen LogP contribution in [0.2, 0.25) is 0 Å². The molecule has 0 radical (unpaired) electrons. The van der Waals surface area contributed by atoms with Crippen LogP contribution < -0.4 is 11.1 Å². The van der Waals surface area contributed by atoms with Gasteiger partial charge in [0.1, 0.15) is 0 Å². The molecule has 0 aliphatic carbocycles. The topological polar surface area (TPSA) is 55.1 Å². The zero-order valence-corrected chi connectivity index (χ0v) is 6.26. The number of hydrogen-bond donors (Lipinski definition) is 2. The summed E-state index contributed by atoms with van der Waals surface area (Å²) in [6.07, 6.45) is 2.54. The van der Waals surface area contributed by atoms with E-state index >= 15 is 0 Å². The highest BCUT2D eigenvalue weighted by atomic mass is 16.2. The zero-order chi connectivity index (χ0) is 7.98. The van der Waals surface area contributed by atoms with E-state index in [4.69, 9.17) is 5.73 Å². The van der Waals surface area contributed by atoms with Gasteiger partial charge in [-0.1, -0.05) is 6.08 Å². The van der Waals surface area contributed by atoms with Gasteiger partial charge in [-0.15, -0.1) is 6.58 Å². The number of rotatable bonds is 4. The Balaban J connectivity index is 3.30. The van der Waals surface area contributed by atoms with Gasteiger partial charge in [-0.05, 0) is 13.3 Å². The van der Waals surface area contributed by atoms with Crippen molar-refractivity contribution in [2.75, 3.05) is 6.54 Å². The Hall–Kier alpha value is -0.830. The third-order valence-electron chi connectivity index (χ3n) is 1.06. The maximum absolute atomic E-state index is 10.7. The highest BCUT2D eigenvalue weighted by Crippen LogP contribution is 1.78. The van der Waals surface area contributed by atoms with Crippen molar-refractivity contribution in [2.24, 2.45) is 5.73 Å². The fourth-order valence-electron chi connectivity index (χ4n) is 0.458. The van der Waals surface area contributed by atoms with Gasteiger partial charge in [0.25, 0.3) is 0 Å². The first-order valence-electron chi connectivity index (χ1n) is 3.32. The molecule has 0 aliphatic rings. The van der Waals surface area contributed by atoms with Crippen molar-refractivity contribution in [2.45, 2.75) is 19.4 Å². The molecule has 1 atom stereocenters. The molecule has 0 aromatic heterocycles. The van der Waals surface area contributed by atoms with E-state index in [1.165, 1.54) is 0 Å². The Labute approximate surface area is 61.3 Å². The first kappa shape index (κ1) is 9.17. The monoisotopic (exact) mass is 142 g/mol. The summed E-state index contributed by atoms with van der Waals surface area (Å²) in [4.78, 5) is 10.7. The summed E-state index contributed by atoms with van der Waals surface area (Å²) >= 11 is 0. The van der Waals surface area contributed by atoms with Crippen molar-refractivity contribution in [1.29, 1.82) is 0 Å². The fraction of sp³-hybridized carbons (Fsp3) is 0.571. The third-order valence-corrected chi connectivity index (χ3v) is 1.06. The molecule has 0 heterocycles. The van der Waals surface area contributed by atoms with Crippen LogP contribution in [0.5, 0.6) is 0 Å². The average Bonchev–Trinajstić information content (AvgIpc) is 1.88. The molecule has 0 saturated carbocycles. The fourth-order valence-corrected chi connectivity index (χ4v) is 0.458. The highest BCUT2D eigenvalue weighted by molar-refractivity contribution is 5.80. The van der Waals surface area contributed by atoms with Crippen molar-refractivity contribution in [3.05, 3.63) is 12.7 Å². The number of carbonyl (C=O) groups is 1. The summed E-state index contributed by atoms with van der Waals surface area (Å²) in [6, 6.07) is -0.412. The Morgan fingerprint density at radius 3 is 2.90 bits per heavy atom. The number of carbonyl (C=O) groups excluding carboxylic acids is 1. The minimum absolute atomic E-state index is 0.109. The average molecular weight is 142 g/mol. The second kappa shape index (κ2) is 4.99. The number of amides is 1.